The predicted molar refractivity (Wildman–Crippen MR) is 270 cm³/mol. The first-order chi connectivity index (χ1) is 32.8. The van der Waals surface area contributed by atoms with Crippen molar-refractivity contribution in [2.75, 3.05) is 0 Å². The molecule has 10 heterocycles. The zero-order valence-corrected chi connectivity index (χ0v) is 39.1. The Bertz CT molecular complexity index is 3830. The normalized spacial score (nSPS) is 12.7. The van der Waals surface area contributed by atoms with E-state index in [2.05, 4.69) is 29.9 Å². The summed E-state index contributed by atoms with van der Waals surface area (Å²) < 4.78 is 68.3. The fraction of sp³-hybridized carbons (Fsp3) is 0. The molecule has 0 saturated heterocycles. The predicted octanol–water partition coefficient (Wildman–Crippen LogP) is 10.1. The van der Waals surface area contributed by atoms with E-state index in [4.69, 9.17) is 9.97 Å². The van der Waals surface area contributed by atoms with E-state index >= 15 is 0 Å². The van der Waals surface area contributed by atoms with Crippen molar-refractivity contribution in [2.24, 2.45) is 0 Å². The van der Waals surface area contributed by atoms with Crippen LogP contribution in [0.25, 0.3) is 115 Å². The number of hydrogen-bond donors (Lipinski definition) is 4. The van der Waals surface area contributed by atoms with Crippen LogP contribution in [0.1, 0.15) is 45.6 Å². The minimum Gasteiger partial charge on any atom is -0.744 e. The van der Waals surface area contributed by atoms with Gasteiger partial charge in [0, 0.05) is 55.3 Å². The average Bonchev–Trinajstić information content (AvgIpc) is 4.16. The van der Waals surface area contributed by atoms with Crippen LogP contribution in [0.4, 0.5) is 0 Å². The van der Waals surface area contributed by atoms with Gasteiger partial charge in [0.05, 0.1) is 55.3 Å². The molecule has 0 atom stereocenters. The number of fused-ring (bicyclic) bond motifs is 16. The van der Waals surface area contributed by atoms with Crippen LogP contribution in [-0.4, -0.2) is 88.9 Å². The van der Waals surface area contributed by atoms with Gasteiger partial charge < -0.3 is 29.0 Å². The maximum Gasteiger partial charge on any atom is 2.00 e. The minimum absolute atomic E-state index is 0. The summed E-state index contributed by atoms with van der Waals surface area (Å²) in [4.78, 5) is 31.9. The van der Waals surface area contributed by atoms with Gasteiger partial charge in [0.2, 0.25) is 0 Å². The number of benzene rings is 2. The van der Waals surface area contributed by atoms with Crippen LogP contribution in [0.2, 0.25) is 0 Å². The van der Waals surface area contributed by atoms with Gasteiger partial charge in [-0.1, -0.05) is 24.3 Å². The first-order valence-electron chi connectivity index (χ1n) is 21.1. The Morgan fingerprint density at radius 1 is 0.333 bits per heavy atom. The molecular formula is C52H34MgN8O6S2. The summed E-state index contributed by atoms with van der Waals surface area (Å²) in [5.41, 5.74) is 16.4. The second-order valence-corrected chi connectivity index (χ2v) is 18.8. The summed E-state index contributed by atoms with van der Waals surface area (Å²) in [6.07, 6.45) is 15.5. The topological polar surface area (TPSA) is 229 Å². The van der Waals surface area contributed by atoms with Crippen molar-refractivity contribution >= 4 is 136 Å². The van der Waals surface area contributed by atoms with Crippen molar-refractivity contribution < 1.29 is 25.9 Å². The molecule has 0 saturated carbocycles. The second kappa shape index (κ2) is 18.0. The molecule has 4 aliphatic rings. The van der Waals surface area contributed by atoms with Gasteiger partial charge >= 0.3 is 23.1 Å². The van der Waals surface area contributed by atoms with E-state index in [0.29, 0.717) is 0 Å². The molecule has 332 valence electrons. The van der Waals surface area contributed by atoms with Crippen LogP contribution >= 0.6 is 0 Å². The molecule has 0 fully saturated rings. The monoisotopic (exact) mass is 954 g/mol. The standard InChI is InChI=1S/2C26H18N4O3S.Mg/c2*31-34(32,33)23-9-1-16(2-10-23)26-24-11-7-21(29-24)14-19-5-3-17(27-19)13-18-4-6-20(28-18)15-22-8-12-25(26)30-22;/h2*1-15,27,30H,(H,31,32,33);/q;;+2/p-2. The molecule has 0 spiro atoms. The number of rotatable bonds is 4. The van der Waals surface area contributed by atoms with Crippen LogP contribution in [-0.2, 0) is 20.2 Å². The summed E-state index contributed by atoms with van der Waals surface area (Å²) in [6.45, 7) is 0. The van der Waals surface area contributed by atoms with Gasteiger partial charge in [-0.05, 0) is 169 Å². The molecule has 69 heavy (non-hydrogen) atoms. The van der Waals surface area contributed by atoms with Crippen molar-refractivity contribution in [2.45, 2.75) is 9.79 Å². The molecule has 6 aromatic heterocycles. The first-order valence-corrected chi connectivity index (χ1v) is 23.9. The van der Waals surface area contributed by atoms with Crippen LogP contribution in [0.3, 0.4) is 0 Å². The Morgan fingerprint density at radius 3 is 0.928 bits per heavy atom. The largest absolute Gasteiger partial charge is 2.00 e. The number of hydrogen-bond acceptors (Lipinski definition) is 10. The number of H-pyrrole nitrogens is 4. The maximum absolute atomic E-state index is 11.4. The van der Waals surface area contributed by atoms with E-state index in [1.54, 1.807) is 24.3 Å². The molecule has 4 N–H and O–H groups in total. The molecular weight excluding hydrogens is 921 g/mol. The quantitative estimate of drug-likeness (QED) is 0.0963. The van der Waals surface area contributed by atoms with E-state index in [1.165, 1.54) is 24.3 Å². The molecule has 4 aliphatic heterocycles. The Balaban J connectivity index is 0.000000158. The summed E-state index contributed by atoms with van der Waals surface area (Å²) in [7, 11) is -9.06. The van der Waals surface area contributed by atoms with E-state index in [9.17, 15) is 25.9 Å². The number of aromatic amines is 4. The molecule has 0 amide bonds. The van der Waals surface area contributed by atoms with Crippen molar-refractivity contribution in [3.05, 3.63) is 179 Å². The zero-order chi connectivity index (χ0) is 46.6. The third-order valence-corrected chi connectivity index (χ3v) is 13.0. The Kier molecular flexibility index (Phi) is 11.8. The van der Waals surface area contributed by atoms with Crippen LogP contribution < -0.4 is 0 Å². The van der Waals surface area contributed by atoms with Gasteiger partial charge in [-0.15, -0.1) is 0 Å². The smallest absolute Gasteiger partial charge is 0.744 e. The Hall–Kier alpha value is -7.77. The fourth-order valence-electron chi connectivity index (χ4n) is 8.20. The molecule has 12 rings (SSSR count). The molecule has 0 unspecified atom stereocenters. The zero-order valence-electron chi connectivity index (χ0n) is 36.1. The Labute approximate surface area is 410 Å². The fourth-order valence-corrected chi connectivity index (χ4v) is 9.14. The van der Waals surface area contributed by atoms with Gasteiger partial charge in [0.15, 0.2) is 0 Å². The van der Waals surface area contributed by atoms with Crippen LogP contribution in [0.5, 0.6) is 0 Å². The summed E-state index contributed by atoms with van der Waals surface area (Å²) in [6, 6.07) is 39.3. The molecule has 17 heteroatoms. The third-order valence-electron chi connectivity index (χ3n) is 11.3. The van der Waals surface area contributed by atoms with Crippen molar-refractivity contribution in [3.8, 4) is 22.3 Å². The number of nitrogens with one attached hydrogen (secondary N) is 4. The average molecular weight is 955 g/mol. The third kappa shape index (κ3) is 9.82. The molecule has 8 aromatic rings. The van der Waals surface area contributed by atoms with Crippen LogP contribution in [0, 0.1) is 0 Å². The number of aromatic nitrogens is 8. The second-order valence-electron chi connectivity index (χ2n) is 16.1. The Morgan fingerprint density at radius 2 is 0.609 bits per heavy atom. The molecule has 0 aliphatic carbocycles. The maximum atomic E-state index is 11.4. The van der Waals surface area contributed by atoms with E-state index in [0.717, 1.165) is 112 Å². The van der Waals surface area contributed by atoms with E-state index < -0.39 is 20.2 Å². The van der Waals surface area contributed by atoms with Gasteiger partial charge in [0.1, 0.15) is 20.2 Å². The molecule has 14 nitrogen and oxygen atoms in total. The van der Waals surface area contributed by atoms with Gasteiger partial charge in [0.25, 0.3) is 0 Å². The van der Waals surface area contributed by atoms with E-state index in [-0.39, 0.29) is 32.8 Å². The van der Waals surface area contributed by atoms with Crippen LogP contribution in [0.15, 0.2) is 143 Å². The molecule has 16 bridgehead atoms. The van der Waals surface area contributed by atoms with Gasteiger partial charge in [-0.25, -0.2) is 36.8 Å². The van der Waals surface area contributed by atoms with Crippen molar-refractivity contribution in [1.82, 2.24) is 39.9 Å². The summed E-state index contributed by atoms with van der Waals surface area (Å²) >= 11 is 0. The number of nitrogens with zero attached hydrogens (tertiary/aromatic N) is 4. The first kappa shape index (κ1) is 45.0. The summed E-state index contributed by atoms with van der Waals surface area (Å²) in [5.74, 6) is 0. The molecule has 0 radical (unpaired) electrons. The SMILES string of the molecule is O=S(=O)([O-])c1ccc(-c2c3nc(cc4ccc(cc5nc(cc6ccc2[nH]6)C=C5)[nH]4)C=C3)cc1.O=S(=O)([O-])c1ccc(-c2c3nc(cc4ccc(cc5nc(cc6ccc2[nH]6)C=C5)[nH]4)C=C3)cc1.[Mg+2]. The van der Waals surface area contributed by atoms with Crippen molar-refractivity contribution in [1.29, 1.82) is 0 Å². The minimum atomic E-state index is -4.53. The van der Waals surface area contributed by atoms with Gasteiger partial charge in [-0.3, -0.25) is 0 Å². The molecule has 2 aromatic carbocycles. The van der Waals surface area contributed by atoms with E-state index in [1.807, 2.05) is 134 Å². The van der Waals surface area contributed by atoms with Gasteiger partial charge in [-0.2, -0.15) is 0 Å². The summed E-state index contributed by atoms with van der Waals surface area (Å²) in [5, 5.41) is 0. The van der Waals surface area contributed by atoms with Crippen molar-refractivity contribution in [3.63, 3.8) is 0 Å².